The van der Waals surface area contributed by atoms with Gasteiger partial charge in [-0.05, 0) is 60.4 Å². The van der Waals surface area contributed by atoms with Crippen molar-refractivity contribution in [2.45, 2.75) is 78.6 Å². The number of benzene rings is 2. The molecule has 2 N–H and O–H groups in total. The summed E-state index contributed by atoms with van der Waals surface area (Å²) in [6.07, 6.45) is 9.47. The van der Waals surface area contributed by atoms with Crippen molar-refractivity contribution in [1.29, 1.82) is 0 Å². The van der Waals surface area contributed by atoms with Crippen molar-refractivity contribution in [1.82, 2.24) is 0 Å². The van der Waals surface area contributed by atoms with Crippen LogP contribution < -0.4 is 4.52 Å². The van der Waals surface area contributed by atoms with Crippen LogP contribution in [0.25, 0.3) is 10.8 Å². The second kappa shape index (κ2) is 10.9. The van der Waals surface area contributed by atoms with Crippen LogP contribution in [-0.2, 0) is 19.3 Å². The smallest absolute Gasteiger partial charge is 0.391 e. The number of hydrogen-bond acceptors (Lipinski definition) is 3. The van der Waals surface area contributed by atoms with Crippen LogP contribution in [0.5, 0.6) is 5.75 Å². The molecule has 0 amide bonds. The quantitative estimate of drug-likeness (QED) is 0.443. The number of aryl methyl sites for hydroxylation is 2. The fraction of sp³-hybridized carbons (Fsp3) is 0.545. The number of fused-ring (bicyclic) bond motifs is 1. The lowest BCUT2D eigenvalue weighted by molar-refractivity contribution is 0.371. The molecule has 0 atom stereocenters. The van der Waals surface area contributed by atoms with Crippen molar-refractivity contribution in [2.24, 2.45) is 0 Å². The van der Waals surface area contributed by atoms with Crippen LogP contribution in [0.4, 0.5) is 0 Å². The van der Waals surface area contributed by atoms with Crippen molar-refractivity contribution in [2.75, 3.05) is 0 Å². The van der Waals surface area contributed by atoms with Crippen LogP contribution in [0.15, 0.2) is 24.3 Å². The van der Waals surface area contributed by atoms with Crippen LogP contribution in [0.3, 0.4) is 0 Å². The Labute approximate surface area is 159 Å². The lowest BCUT2D eigenvalue weighted by Crippen LogP contribution is -2.05. The largest absolute Gasteiger partial charge is 0.426 e. The minimum absolute atomic E-state index is 0.743. The fourth-order valence-electron chi connectivity index (χ4n) is 3.66. The van der Waals surface area contributed by atoms with E-state index >= 15 is 0 Å². The summed E-state index contributed by atoms with van der Waals surface area (Å²) in [6, 6.07) is 8.55. The molecule has 0 saturated carbocycles. The summed E-state index contributed by atoms with van der Waals surface area (Å²) in [5.74, 6) is 0.743. The highest BCUT2D eigenvalue weighted by atomic mass is 31.2. The van der Waals surface area contributed by atoms with Gasteiger partial charge in [0.1, 0.15) is 5.75 Å². The molecule has 0 saturated heterocycles. The third kappa shape index (κ3) is 5.19. The standard InChI is InChI=1S/C22H33O3P/c1-4-7-12-18-17-15-10-11-16-19(17)21(14-9-6-3)22(25-26(23)24)20(18)13-8-5-2/h10-11,15-16,23-24H,4-9,12-14H2,1-3H3. The average molecular weight is 376 g/mol. The monoisotopic (exact) mass is 376 g/mol. The molecule has 2 aromatic carbocycles. The fourth-order valence-corrected chi connectivity index (χ4v) is 4.05. The van der Waals surface area contributed by atoms with E-state index in [1.54, 1.807) is 0 Å². The summed E-state index contributed by atoms with van der Waals surface area (Å²) in [5.41, 5.74) is 3.67. The summed E-state index contributed by atoms with van der Waals surface area (Å²) in [5, 5.41) is 2.52. The molecule has 144 valence electrons. The highest BCUT2D eigenvalue weighted by Gasteiger charge is 2.21. The molecule has 0 aliphatic carbocycles. The van der Waals surface area contributed by atoms with Gasteiger partial charge in [0.15, 0.2) is 0 Å². The molecule has 26 heavy (non-hydrogen) atoms. The molecule has 4 heteroatoms. The van der Waals surface area contributed by atoms with Crippen LogP contribution in [0.1, 0.15) is 76.0 Å². The molecular formula is C22H33O3P. The van der Waals surface area contributed by atoms with Gasteiger partial charge in [-0.2, -0.15) is 0 Å². The van der Waals surface area contributed by atoms with Gasteiger partial charge in [0.25, 0.3) is 0 Å². The lowest BCUT2D eigenvalue weighted by Gasteiger charge is -2.23. The first-order chi connectivity index (χ1) is 12.6. The van der Waals surface area contributed by atoms with Gasteiger partial charge in [-0.25, -0.2) is 0 Å². The first kappa shape index (κ1) is 21.2. The van der Waals surface area contributed by atoms with Crippen molar-refractivity contribution < 1.29 is 14.3 Å². The number of unbranched alkanes of at least 4 members (excludes halogenated alkanes) is 3. The van der Waals surface area contributed by atoms with Crippen LogP contribution in [0.2, 0.25) is 0 Å². The number of hydrogen-bond donors (Lipinski definition) is 2. The Balaban J connectivity index is 2.73. The molecule has 2 rings (SSSR count). The van der Waals surface area contributed by atoms with Crippen LogP contribution in [-0.4, -0.2) is 9.79 Å². The Morgan fingerprint density at radius 2 is 1.19 bits per heavy atom. The summed E-state index contributed by atoms with van der Waals surface area (Å²) in [7, 11) is -2.42. The molecule has 0 aliphatic heterocycles. The molecule has 0 bridgehead atoms. The van der Waals surface area contributed by atoms with Crippen molar-refractivity contribution in [3.63, 3.8) is 0 Å². The first-order valence-electron chi connectivity index (χ1n) is 10.0. The van der Waals surface area contributed by atoms with E-state index in [4.69, 9.17) is 4.52 Å². The van der Waals surface area contributed by atoms with E-state index in [1.165, 1.54) is 21.9 Å². The van der Waals surface area contributed by atoms with E-state index in [0.717, 1.165) is 69.1 Å². The molecule has 0 unspecified atom stereocenters. The average Bonchev–Trinajstić information content (AvgIpc) is 2.64. The van der Waals surface area contributed by atoms with E-state index in [0.29, 0.717) is 0 Å². The summed E-state index contributed by atoms with van der Waals surface area (Å²) < 4.78 is 5.68. The molecule has 0 aromatic heterocycles. The lowest BCUT2D eigenvalue weighted by atomic mass is 9.87. The maximum atomic E-state index is 9.64. The van der Waals surface area contributed by atoms with E-state index in [9.17, 15) is 9.79 Å². The third-order valence-electron chi connectivity index (χ3n) is 5.00. The summed E-state index contributed by atoms with van der Waals surface area (Å²) in [4.78, 5) is 19.3. The van der Waals surface area contributed by atoms with Crippen LogP contribution in [0, 0.1) is 0 Å². The second-order valence-corrected chi connectivity index (χ2v) is 7.65. The minimum atomic E-state index is -2.42. The van der Waals surface area contributed by atoms with Crippen molar-refractivity contribution in [3.05, 3.63) is 41.0 Å². The van der Waals surface area contributed by atoms with Gasteiger partial charge in [-0.3, -0.25) is 0 Å². The molecule has 0 aliphatic rings. The maximum absolute atomic E-state index is 9.64. The molecule has 0 radical (unpaired) electrons. The van der Waals surface area contributed by atoms with Gasteiger partial charge in [-0.1, -0.05) is 64.3 Å². The second-order valence-electron chi connectivity index (χ2n) is 6.97. The highest BCUT2D eigenvalue weighted by Crippen LogP contribution is 2.43. The predicted octanol–water partition coefficient (Wildman–Crippen LogP) is 6.46. The Morgan fingerprint density at radius 1 is 0.731 bits per heavy atom. The first-order valence-corrected chi connectivity index (χ1v) is 11.2. The summed E-state index contributed by atoms with van der Waals surface area (Å²) in [6.45, 7) is 6.58. The number of rotatable bonds is 11. The SMILES string of the molecule is CCCCc1c(OP(O)O)c(CCCC)c2ccccc2c1CCCC. The maximum Gasteiger partial charge on any atom is 0.391 e. The van der Waals surface area contributed by atoms with E-state index in [-0.39, 0.29) is 0 Å². The molecular weight excluding hydrogens is 343 g/mol. The van der Waals surface area contributed by atoms with Gasteiger partial charge >= 0.3 is 8.60 Å². The Hall–Kier alpha value is -1.15. The molecule has 0 heterocycles. The zero-order valence-electron chi connectivity index (χ0n) is 16.4. The van der Waals surface area contributed by atoms with Gasteiger partial charge in [0, 0.05) is 5.56 Å². The Kier molecular flexibility index (Phi) is 8.84. The molecule has 0 spiro atoms. The Bertz CT molecular complexity index is 697. The van der Waals surface area contributed by atoms with Crippen molar-refractivity contribution >= 4 is 19.4 Å². The molecule has 3 nitrogen and oxygen atoms in total. The molecule has 0 fully saturated rings. The van der Waals surface area contributed by atoms with Gasteiger partial charge in [0.05, 0.1) is 0 Å². The zero-order valence-corrected chi connectivity index (χ0v) is 17.3. The van der Waals surface area contributed by atoms with Gasteiger partial charge < -0.3 is 14.3 Å². The van der Waals surface area contributed by atoms with Gasteiger partial charge in [-0.15, -0.1) is 0 Å². The van der Waals surface area contributed by atoms with E-state index in [1.807, 2.05) is 0 Å². The molecule has 2 aromatic rings. The Morgan fingerprint density at radius 3 is 1.69 bits per heavy atom. The van der Waals surface area contributed by atoms with Crippen LogP contribution >= 0.6 is 8.60 Å². The minimum Gasteiger partial charge on any atom is -0.426 e. The normalized spacial score (nSPS) is 11.5. The predicted molar refractivity (Wildman–Crippen MR) is 112 cm³/mol. The van der Waals surface area contributed by atoms with E-state index < -0.39 is 8.60 Å². The van der Waals surface area contributed by atoms with Gasteiger partial charge in [0.2, 0.25) is 0 Å². The van der Waals surface area contributed by atoms with E-state index in [2.05, 4.69) is 45.0 Å². The third-order valence-corrected chi connectivity index (χ3v) is 5.35. The summed E-state index contributed by atoms with van der Waals surface area (Å²) >= 11 is 0. The zero-order chi connectivity index (χ0) is 18.9. The highest BCUT2D eigenvalue weighted by molar-refractivity contribution is 7.39. The van der Waals surface area contributed by atoms with Crippen molar-refractivity contribution in [3.8, 4) is 5.75 Å². The topological polar surface area (TPSA) is 49.7 Å².